The summed E-state index contributed by atoms with van der Waals surface area (Å²) >= 11 is 0. The van der Waals surface area contributed by atoms with Gasteiger partial charge in [-0.2, -0.15) is 0 Å². The van der Waals surface area contributed by atoms with Gasteiger partial charge in [0.25, 0.3) is 11.8 Å². The second-order valence-electron chi connectivity index (χ2n) is 7.25. The van der Waals surface area contributed by atoms with Crippen LogP contribution in [0, 0.1) is 0 Å². The first-order chi connectivity index (χ1) is 14.1. The van der Waals surface area contributed by atoms with E-state index >= 15 is 0 Å². The van der Waals surface area contributed by atoms with Gasteiger partial charge in [-0.25, -0.2) is 0 Å². The Balaban J connectivity index is 0.00000218. The van der Waals surface area contributed by atoms with Crippen molar-refractivity contribution >= 4 is 57.2 Å². The molecule has 0 aliphatic carbocycles. The largest absolute Gasteiger partial charge is 0.350 e. The number of carbonyl (C=O) groups is 2. The molecule has 0 fully saturated rings. The lowest BCUT2D eigenvalue weighted by molar-refractivity contribution is -0.122. The van der Waals surface area contributed by atoms with Crippen LogP contribution >= 0.6 is 12.4 Å². The first kappa shape index (κ1) is 19.9. The van der Waals surface area contributed by atoms with Crippen molar-refractivity contribution < 1.29 is 9.59 Å². The zero-order chi connectivity index (χ0) is 20.1. The Morgan fingerprint density at radius 2 is 1.37 bits per heavy atom. The van der Waals surface area contributed by atoms with Gasteiger partial charge < -0.3 is 14.9 Å². The maximum absolute atomic E-state index is 12.9. The van der Waals surface area contributed by atoms with Crippen LogP contribution in [0.3, 0.4) is 0 Å². The topological polar surface area (TPSA) is 82.0 Å². The van der Waals surface area contributed by atoms with Crippen molar-refractivity contribution in [1.82, 2.24) is 14.5 Å². The second-order valence-corrected chi connectivity index (χ2v) is 7.25. The summed E-state index contributed by atoms with van der Waals surface area (Å²) in [5, 5.41) is 4.37. The van der Waals surface area contributed by atoms with E-state index in [1.54, 1.807) is 0 Å². The summed E-state index contributed by atoms with van der Waals surface area (Å²) in [4.78, 5) is 25.8. The zero-order valence-corrected chi connectivity index (χ0v) is 17.2. The number of nitrogens with zero attached hydrogens (tertiary/aromatic N) is 2. The fraction of sp³-hybridized carbons (Fsp3) is 0.130. The van der Waals surface area contributed by atoms with Gasteiger partial charge in [-0.05, 0) is 12.1 Å². The summed E-state index contributed by atoms with van der Waals surface area (Å²) in [5.41, 5.74) is 10.1. The van der Waals surface area contributed by atoms with Crippen LogP contribution in [-0.2, 0) is 23.2 Å². The van der Waals surface area contributed by atoms with E-state index in [1.165, 1.54) is 0 Å². The van der Waals surface area contributed by atoms with Crippen molar-refractivity contribution in [3.63, 3.8) is 0 Å². The van der Waals surface area contributed by atoms with Gasteiger partial charge in [0, 0.05) is 65.5 Å². The molecule has 0 saturated carbocycles. The summed E-state index contributed by atoms with van der Waals surface area (Å²) in [5.74, 6) is -0.731. The monoisotopic (exact) mass is 420 g/mol. The minimum atomic E-state index is -0.367. The molecule has 0 radical (unpaired) electrons. The quantitative estimate of drug-likeness (QED) is 0.498. The van der Waals surface area contributed by atoms with Gasteiger partial charge in [-0.15, -0.1) is 12.4 Å². The molecule has 2 amide bonds. The highest BCUT2D eigenvalue weighted by Gasteiger charge is 2.35. The van der Waals surface area contributed by atoms with E-state index in [0.29, 0.717) is 24.2 Å². The van der Waals surface area contributed by atoms with Gasteiger partial charge in [0.1, 0.15) is 0 Å². The van der Waals surface area contributed by atoms with Crippen molar-refractivity contribution in [3.05, 3.63) is 72.1 Å². The van der Waals surface area contributed by atoms with Crippen molar-refractivity contribution in [2.75, 3.05) is 6.54 Å². The van der Waals surface area contributed by atoms with E-state index in [9.17, 15) is 9.59 Å². The molecule has 0 saturated heterocycles. The Labute approximate surface area is 179 Å². The molecule has 2 aromatic carbocycles. The maximum Gasteiger partial charge on any atom is 0.259 e. The third-order valence-corrected chi connectivity index (χ3v) is 5.53. The minimum absolute atomic E-state index is 0. The molecule has 0 bridgehead atoms. The molecule has 0 spiro atoms. The van der Waals surface area contributed by atoms with Crippen LogP contribution in [0.5, 0.6) is 0 Å². The molecule has 3 N–H and O–H groups in total. The molecule has 5 rings (SSSR count). The SMILES string of the molecule is Cl.Cn1cc(C2=C(c3cn(CCN)c4ccccc34)C(=O)NC2=O)c2ccccc21. The highest BCUT2D eigenvalue weighted by molar-refractivity contribution is 6.50. The number of imide groups is 1. The smallest absolute Gasteiger partial charge is 0.259 e. The molecule has 1 aliphatic rings. The van der Waals surface area contributed by atoms with Crippen molar-refractivity contribution in [3.8, 4) is 0 Å². The highest BCUT2D eigenvalue weighted by atomic mass is 35.5. The number of carbonyl (C=O) groups excluding carboxylic acids is 2. The van der Waals surface area contributed by atoms with Crippen LogP contribution in [0.15, 0.2) is 60.9 Å². The van der Waals surface area contributed by atoms with E-state index < -0.39 is 0 Å². The highest BCUT2D eigenvalue weighted by Crippen LogP contribution is 2.38. The number of hydrogen-bond donors (Lipinski definition) is 2. The average Bonchev–Trinajstić information content (AvgIpc) is 3.34. The standard InChI is InChI=1S/C23H20N4O2.ClH/c1-26-12-16(14-6-2-4-8-18(14)26)20-21(23(29)25-22(20)28)17-13-27(11-10-24)19-9-5-3-7-15(17)19;/h2-9,12-13H,10-11,24H2,1H3,(H,25,28,29);1H. The van der Waals surface area contributed by atoms with Gasteiger partial charge in [-0.1, -0.05) is 36.4 Å². The lowest BCUT2D eigenvalue weighted by Crippen LogP contribution is -2.22. The lowest BCUT2D eigenvalue weighted by Gasteiger charge is -2.03. The molecule has 6 nitrogen and oxygen atoms in total. The Bertz CT molecular complexity index is 1350. The van der Waals surface area contributed by atoms with Gasteiger partial charge in [0.15, 0.2) is 0 Å². The molecule has 3 heterocycles. The molecule has 152 valence electrons. The lowest BCUT2D eigenvalue weighted by atomic mass is 9.95. The van der Waals surface area contributed by atoms with Crippen LogP contribution in [0.1, 0.15) is 11.1 Å². The number of para-hydroxylation sites is 2. The Kier molecular flexibility index (Phi) is 4.97. The third kappa shape index (κ3) is 2.84. The number of aryl methyl sites for hydroxylation is 1. The Morgan fingerprint density at radius 3 is 2.00 bits per heavy atom. The Hall–Kier alpha value is -3.35. The van der Waals surface area contributed by atoms with Crippen LogP contribution in [0.4, 0.5) is 0 Å². The van der Waals surface area contributed by atoms with E-state index in [4.69, 9.17) is 5.73 Å². The summed E-state index contributed by atoms with van der Waals surface area (Å²) < 4.78 is 4.01. The van der Waals surface area contributed by atoms with E-state index in [0.717, 1.165) is 32.9 Å². The van der Waals surface area contributed by atoms with E-state index in [2.05, 4.69) is 5.32 Å². The molecule has 0 unspecified atom stereocenters. The predicted molar refractivity (Wildman–Crippen MR) is 121 cm³/mol. The summed E-state index contributed by atoms with van der Waals surface area (Å²) in [6.07, 6.45) is 3.84. The first-order valence-electron chi connectivity index (χ1n) is 9.53. The van der Waals surface area contributed by atoms with Gasteiger partial charge in [-0.3, -0.25) is 14.9 Å². The molecule has 7 heteroatoms. The van der Waals surface area contributed by atoms with Crippen LogP contribution in [0.25, 0.3) is 33.0 Å². The Morgan fingerprint density at radius 1 is 0.833 bits per heavy atom. The van der Waals surface area contributed by atoms with Gasteiger partial charge in [0.05, 0.1) is 11.1 Å². The molecular formula is C23H21ClN4O2. The number of aromatic nitrogens is 2. The number of benzene rings is 2. The fourth-order valence-electron chi connectivity index (χ4n) is 4.28. The van der Waals surface area contributed by atoms with Crippen LogP contribution < -0.4 is 11.1 Å². The number of halogens is 1. The molecule has 0 atom stereocenters. The van der Waals surface area contributed by atoms with Gasteiger partial charge in [0.2, 0.25) is 0 Å². The number of hydrogen-bond acceptors (Lipinski definition) is 3. The van der Waals surface area contributed by atoms with Crippen molar-refractivity contribution in [1.29, 1.82) is 0 Å². The number of rotatable bonds is 4. The number of nitrogens with two attached hydrogens (primary N) is 1. The average molecular weight is 421 g/mol. The second kappa shape index (κ2) is 7.48. The molecular weight excluding hydrogens is 400 g/mol. The summed E-state index contributed by atoms with van der Waals surface area (Å²) in [6, 6.07) is 15.7. The zero-order valence-electron chi connectivity index (χ0n) is 16.4. The van der Waals surface area contributed by atoms with Crippen molar-refractivity contribution in [2.24, 2.45) is 12.8 Å². The molecule has 2 aromatic heterocycles. The fourth-order valence-corrected chi connectivity index (χ4v) is 4.28. The molecule has 4 aromatic rings. The van der Waals surface area contributed by atoms with E-state index in [1.807, 2.05) is 77.1 Å². The molecule has 1 aliphatic heterocycles. The maximum atomic E-state index is 12.9. The minimum Gasteiger partial charge on any atom is -0.350 e. The first-order valence-corrected chi connectivity index (χ1v) is 9.53. The van der Waals surface area contributed by atoms with E-state index in [-0.39, 0.29) is 24.2 Å². The van der Waals surface area contributed by atoms with Crippen LogP contribution in [0.2, 0.25) is 0 Å². The van der Waals surface area contributed by atoms with Crippen LogP contribution in [-0.4, -0.2) is 27.5 Å². The third-order valence-electron chi connectivity index (χ3n) is 5.53. The normalized spacial score (nSPS) is 13.9. The number of nitrogens with one attached hydrogen (secondary N) is 1. The molecule has 30 heavy (non-hydrogen) atoms. The van der Waals surface area contributed by atoms with Gasteiger partial charge >= 0.3 is 0 Å². The van der Waals surface area contributed by atoms with Crippen molar-refractivity contribution in [2.45, 2.75) is 6.54 Å². The summed E-state index contributed by atoms with van der Waals surface area (Å²) in [7, 11) is 1.94. The number of fused-ring (bicyclic) bond motifs is 2. The summed E-state index contributed by atoms with van der Waals surface area (Å²) in [6.45, 7) is 1.12. The predicted octanol–water partition coefficient (Wildman–Crippen LogP) is 3.08. The number of amides is 2.